The zero-order valence-electron chi connectivity index (χ0n) is 27.5. The molecule has 12 heteroatoms. The average molecular weight is 639 g/mol. The van der Waals surface area contributed by atoms with Crippen LogP contribution in [0.25, 0.3) is 0 Å². The highest BCUT2D eigenvalue weighted by Crippen LogP contribution is 2.24. The first-order valence-corrected chi connectivity index (χ1v) is 16.0. The molecule has 2 aromatic carbocycles. The van der Waals surface area contributed by atoms with Gasteiger partial charge in [-0.2, -0.15) is 10.2 Å². The first kappa shape index (κ1) is 37.7. The molecular formula is C34H46N4O8. The smallest absolute Gasteiger partial charge is 0.339 e. The molecule has 1 N–H and O–H groups in total. The predicted molar refractivity (Wildman–Crippen MR) is 174 cm³/mol. The summed E-state index contributed by atoms with van der Waals surface area (Å²) in [5.41, 5.74) is 0.160. The van der Waals surface area contributed by atoms with E-state index in [1.807, 2.05) is 13.8 Å². The van der Waals surface area contributed by atoms with E-state index < -0.39 is 34.6 Å². The first-order chi connectivity index (χ1) is 22.0. The van der Waals surface area contributed by atoms with Crippen LogP contribution in [0.15, 0.2) is 52.7 Å². The number of rotatable bonds is 20. The van der Waals surface area contributed by atoms with E-state index in [0.717, 1.165) is 51.4 Å². The summed E-state index contributed by atoms with van der Waals surface area (Å²) in [6.07, 6.45) is 7.63. The number of Topliss-reactive ketones (excluding diaryl/α,β-unsaturated/α-hetero) is 1. The number of unbranched alkanes of at least 4 members (excludes halogenated alkanes) is 2. The molecule has 3 atom stereocenters. The van der Waals surface area contributed by atoms with Gasteiger partial charge in [0.1, 0.15) is 0 Å². The van der Waals surface area contributed by atoms with Crippen molar-refractivity contribution in [3.63, 3.8) is 0 Å². The van der Waals surface area contributed by atoms with Crippen LogP contribution < -0.4 is 5.32 Å². The van der Waals surface area contributed by atoms with Crippen LogP contribution in [0.4, 0.5) is 17.1 Å². The predicted octanol–water partition coefficient (Wildman–Crippen LogP) is 8.02. The van der Waals surface area contributed by atoms with Crippen molar-refractivity contribution in [3.05, 3.63) is 63.7 Å². The number of nitro groups is 1. The Morgan fingerprint density at radius 3 is 1.85 bits per heavy atom. The minimum absolute atomic E-state index is 0.0231. The number of carbonyl (C=O) groups excluding carboxylic acids is 4. The molecule has 250 valence electrons. The SMILES string of the molecule is CCCCC(CC)COC(=O)c1ccc(N=NC(C(C)=O)C(=O)Nc2ccc([N+](=O)[O-])cc2)cc1C(=O)OCC(CC)CCCC. The lowest BCUT2D eigenvalue weighted by Gasteiger charge is -2.17. The van der Waals surface area contributed by atoms with E-state index in [1.54, 1.807) is 0 Å². The van der Waals surface area contributed by atoms with Gasteiger partial charge in [-0.05, 0) is 61.9 Å². The number of anilines is 1. The lowest BCUT2D eigenvalue weighted by molar-refractivity contribution is -0.384. The number of nitro benzene ring substituents is 1. The summed E-state index contributed by atoms with van der Waals surface area (Å²) < 4.78 is 11.2. The fraction of sp³-hybridized carbons (Fsp3) is 0.529. The largest absolute Gasteiger partial charge is 0.462 e. The molecule has 0 heterocycles. The van der Waals surface area contributed by atoms with E-state index in [0.29, 0.717) is 0 Å². The molecule has 3 unspecified atom stereocenters. The van der Waals surface area contributed by atoms with Crippen molar-refractivity contribution >= 4 is 40.7 Å². The van der Waals surface area contributed by atoms with Crippen molar-refractivity contribution in [1.82, 2.24) is 0 Å². The van der Waals surface area contributed by atoms with Gasteiger partial charge in [0.25, 0.3) is 11.6 Å². The van der Waals surface area contributed by atoms with Gasteiger partial charge in [-0.3, -0.25) is 19.7 Å². The summed E-state index contributed by atoms with van der Waals surface area (Å²) in [7, 11) is 0. The molecule has 0 saturated heterocycles. The molecule has 1 amide bonds. The van der Waals surface area contributed by atoms with Crippen LogP contribution in [0.5, 0.6) is 0 Å². The second-order valence-electron chi connectivity index (χ2n) is 11.3. The van der Waals surface area contributed by atoms with Crippen LogP contribution in [0, 0.1) is 22.0 Å². The Kier molecular flexibility index (Phi) is 16.2. The molecule has 0 aliphatic carbocycles. The molecule has 0 aliphatic heterocycles. The van der Waals surface area contributed by atoms with E-state index in [4.69, 9.17) is 9.47 Å². The summed E-state index contributed by atoms with van der Waals surface area (Å²) in [5, 5.41) is 21.3. The molecule has 12 nitrogen and oxygen atoms in total. The monoisotopic (exact) mass is 638 g/mol. The summed E-state index contributed by atoms with van der Waals surface area (Å²) in [5.74, 6) is -2.39. The van der Waals surface area contributed by atoms with Gasteiger partial charge in [-0.15, -0.1) is 0 Å². The Morgan fingerprint density at radius 1 is 0.826 bits per heavy atom. The number of amides is 1. The zero-order valence-corrected chi connectivity index (χ0v) is 27.5. The summed E-state index contributed by atoms with van der Waals surface area (Å²) >= 11 is 0. The average Bonchev–Trinajstić information content (AvgIpc) is 3.04. The lowest BCUT2D eigenvalue weighted by Crippen LogP contribution is -2.31. The maximum Gasteiger partial charge on any atom is 0.339 e. The maximum absolute atomic E-state index is 13.3. The van der Waals surface area contributed by atoms with Gasteiger partial charge < -0.3 is 14.8 Å². The van der Waals surface area contributed by atoms with Crippen molar-refractivity contribution in [2.75, 3.05) is 18.5 Å². The molecular weight excluding hydrogens is 592 g/mol. The highest BCUT2D eigenvalue weighted by molar-refractivity contribution is 6.10. The Hall–Kier alpha value is -4.48. The van der Waals surface area contributed by atoms with E-state index in [-0.39, 0.29) is 53.2 Å². The molecule has 0 radical (unpaired) electrons. The van der Waals surface area contributed by atoms with Crippen LogP contribution in [0.2, 0.25) is 0 Å². The third-order valence-corrected chi connectivity index (χ3v) is 7.70. The molecule has 0 spiro atoms. The molecule has 0 aromatic heterocycles. The van der Waals surface area contributed by atoms with E-state index >= 15 is 0 Å². The number of ether oxygens (including phenoxy) is 2. The maximum atomic E-state index is 13.3. The minimum Gasteiger partial charge on any atom is -0.462 e. The number of esters is 2. The third kappa shape index (κ3) is 12.1. The van der Waals surface area contributed by atoms with Gasteiger partial charge in [0.15, 0.2) is 5.78 Å². The molecule has 0 saturated carbocycles. The standard InChI is InChI=1S/C34H46N4O8/c1-6-10-12-24(8-3)21-45-33(41)29-19-16-27(20-30(29)34(42)46-22-25(9-4)13-11-7-2)36-37-31(23(5)39)32(40)35-26-14-17-28(18-15-26)38(43)44/h14-20,24-25,31H,6-13,21-22H2,1-5H3,(H,35,40). The van der Waals surface area contributed by atoms with E-state index in [9.17, 15) is 29.3 Å². The number of nitrogens with zero attached hydrogens (tertiary/aromatic N) is 3. The number of azo groups is 1. The number of nitrogens with one attached hydrogen (secondary N) is 1. The molecule has 2 aromatic rings. The van der Waals surface area contributed by atoms with Gasteiger partial charge in [0.05, 0.1) is 35.0 Å². The molecule has 0 bridgehead atoms. The number of hydrogen-bond acceptors (Lipinski definition) is 10. The van der Waals surface area contributed by atoms with E-state index in [2.05, 4.69) is 29.4 Å². The Labute approximate surface area is 270 Å². The molecule has 0 aliphatic rings. The number of hydrogen-bond donors (Lipinski definition) is 1. The van der Waals surface area contributed by atoms with Gasteiger partial charge in [0.2, 0.25) is 6.04 Å². The summed E-state index contributed by atoms with van der Waals surface area (Å²) in [6.45, 7) is 9.87. The number of ketones is 1. The van der Waals surface area contributed by atoms with Crippen LogP contribution >= 0.6 is 0 Å². The normalized spacial score (nSPS) is 13.1. The van der Waals surface area contributed by atoms with Gasteiger partial charge in [-0.1, -0.05) is 66.2 Å². The second kappa shape index (κ2) is 19.8. The van der Waals surface area contributed by atoms with E-state index in [1.165, 1.54) is 49.4 Å². The quantitative estimate of drug-likeness (QED) is 0.0500. The second-order valence-corrected chi connectivity index (χ2v) is 11.3. The fourth-order valence-electron chi connectivity index (χ4n) is 4.60. The highest BCUT2D eigenvalue weighted by atomic mass is 16.6. The zero-order chi connectivity index (χ0) is 34.1. The van der Waals surface area contributed by atoms with Crippen molar-refractivity contribution in [2.24, 2.45) is 22.1 Å². The highest BCUT2D eigenvalue weighted by Gasteiger charge is 2.25. The van der Waals surface area contributed by atoms with Crippen molar-refractivity contribution in [1.29, 1.82) is 0 Å². The molecule has 0 fully saturated rings. The van der Waals surface area contributed by atoms with Crippen LogP contribution in [0.1, 0.15) is 107 Å². The third-order valence-electron chi connectivity index (χ3n) is 7.70. The topological polar surface area (TPSA) is 167 Å². The first-order valence-electron chi connectivity index (χ1n) is 16.0. The van der Waals surface area contributed by atoms with Gasteiger partial charge in [-0.25, -0.2) is 9.59 Å². The Balaban J connectivity index is 2.32. The van der Waals surface area contributed by atoms with Gasteiger partial charge in [0, 0.05) is 17.8 Å². The number of carbonyl (C=O) groups is 4. The van der Waals surface area contributed by atoms with Crippen LogP contribution in [-0.4, -0.2) is 47.8 Å². The summed E-state index contributed by atoms with van der Waals surface area (Å²) in [6, 6.07) is 7.72. The fourth-order valence-corrected chi connectivity index (χ4v) is 4.60. The van der Waals surface area contributed by atoms with Crippen LogP contribution in [-0.2, 0) is 19.1 Å². The Bertz CT molecular complexity index is 1360. The van der Waals surface area contributed by atoms with Crippen LogP contribution in [0.3, 0.4) is 0 Å². The molecule has 2 rings (SSSR count). The minimum atomic E-state index is -1.53. The number of benzene rings is 2. The van der Waals surface area contributed by atoms with Gasteiger partial charge >= 0.3 is 11.9 Å². The Morgan fingerprint density at radius 2 is 1.37 bits per heavy atom. The van der Waals surface area contributed by atoms with Crippen molar-refractivity contribution in [2.45, 2.75) is 92.0 Å². The lowest BCUT2D eigenvalue weighted by atomic mass is 10.0. The summed E-state index contributed by atoms with van der Waals surface area (Å²) in [4.78, 5) is 61.9. The van der Waals surface area contributed by atoms with Crippen molar-refractivity contribution in [3.8, 4) is 0 Å². The molecule has 46 heavy (non-hydrogen) atoms. The number of non-ortho nitro benzene ring substituents is 1. The van der Waals surface area contributed by atoms with Crippen molar-refractivity contribution < 1.29 is 33.6 Å².